The first-order chi connectivity index (χ1) is 19.1. The van der Waals surface area contributed by atoms with Gasteiger partial charge in [-0.1, -0.05) is 23.8 Å². The third-order valence-corrected chi connectivity index (χ3v) is 6.67. The minimum Gasteiger partial charge on any atom is -0.496 e. The number of fused-ring (bicyclic) bond motifs is 1. The number of amides is 1. The second-order valence-corrected chi connectivity index (χ2v) is 9.63. The third kappa shape index (κ3) is 8.14. The van der Waals surface area contributed by atoms with Crippen LogP contribution >= 0.6 is 0 Å². The number of carbonyl (C=O) groups is 4. The van der Waals surface area contributed by atoms with E-state index in [-0.39, 0.29) is 61.9 Å². The van der Waals surface area contributed by atoms with Gasteiger partial charge in [0, 0.05) is 36.9 Å². The molecule has 0 fully saturated rings. The first-order valence-electron chi connectivity index (χ1n) is 13.1. The summed E-state index contributed by atoms with van der Waals surface area (Å²) in [4.78, 5) is 48.5. The summed E-state index contributed by atoms with van der Waals surface area (Å²) in [5, 5.41) is 11.7. The highest BCUT2D eigenvalue weighted by Crippen LogP contribution is 2.43. The number of halogens is 1. The van der Waals surface area contributed by atoms with Gasteiger partial charge >= 0.3 is 17.9 Å². The zero-order valence-electron chi connectivity index (χ0n) is 22.9. The number of rotatable bonds is 14. The van der Waals surface area contributed by atoms with Gasteiger partial charge in [0.1, 0.15) is 23.7 Å². The van der Waals surface area contributed by atoms with Crippen LogP contribution in [0.3, 0.4) is 0 Å². The zero-order chi connectivity index (χ0) is 29.2. The monoisotopic (exact) mass is 555 g/mol. The highest BCUT2D eigenvalue weighted by molar-refractivity contribution is 5.99. The third-order valence-electron chi connectivity index (χ3n) is 6.67. The molecule has 0 bridgehead atoms. The number of allylic oxidation sites excluding steroid dienone is 2. The van der Waals surface area contributed by atoms with Crippen molar-refractivity contribution in [3.63, 3.8) is 0 Å². The van der Waals surface area contributed by atoms with Crippen LogP contribution < -0.4 is 14.8 Å². The highest BCUT2D eigenvalue weighted by Gasteiger charge is 2.34. The first kappa shape index (κ1) is 30.3. The molecule has 0 spiro atoms. The van der Waals surface area contributed by atoms with Crippen molar-refractivity contribution in [1.82, 2.24) is 5.32 Å². The molecule has 0 aliphatic carbocycles. The maximum atomic E-state index is 13.0. The molecule has 1 aliphatic heterocycles. The van der Waals surface area contributed by atoms with Crippen molar-refractivity contribution in [2.45, 2.75) is 71.9 Å². The molecule has 0 atom stereocenters. The lowest BCUT2D eigenvalue weighted by Crippen LogP contribution is -2.22. The fraction of sp³-hybridized carbons (Fsp3) is 0.400. The number of unbranched alkanes of at least 4 members (excludes halogenated alkanes) is 1. The van der Waals surface area contributed by atoms with E-state index in [2.05, 4.69) is 5.32 Å². The van der Waals surface area contributed by atoms with E-state index in [0.717, 1.165) is 11.1 Å². The van der Waals surface area contributed by atoms with Crippen molar-refractivity contribution < 1.29 is 42.9 Å². The van der Waals surface area contributed by atoms with E-state index < -0.39 is 17.9 Å². The number of ether oxygens (including phenoxy) is 3. The number of cyclic esters (lactones) is 1. The van der Waals surface area contributed by atoms with Crippen LogP contribution in [0.2, 0.25) is 0 Å². The average molecular weight is 556 g/mol. The lowest BCUT2D eigenvalue weighted by atomic mass is 9.94. The maximum Gasteiger partial charge on any atom is 0.342 e. The number of aliphatic carboxylic acids is 1. The number of carbonyl (C=O) groups excluding carboxylic acids is 3. The van der Waals surface area contributed by atoms with Crippen molar-refractivity contribution >= 4 is 23.8 Å². The first-order valence-corrected chi connectivity index (χ1v) is 13.1. The summed E-state index contributed by atoms with van der Waals surface area (Å²) in [6.45, 7) is 3.94. The number of carboxylic acid groups (broad SMARTS) is 1. The van der Waals surface area contributed by atoms with Crippen molar-refractivity contribution in [2.75, 3.05) is 7.11 Å². The summed E-state index contributed by atoms with van der Waals surface area (Å²) in [6, 6.07) is 5.85. The molecule has 3 rings (SSSR count). The molecule has 2 N–H and O–H groups in total. The Bertz CT molecular complexity index is 1300. The van der Waals surface area contributed by atoms with Crippen LogP contribution in [0.25, 0.3) is 0 Å². The van der Waals surface area contributed by atoms with E-state index in [4.69, 9.17) is 19.3 Å². The minimum atomic E-state index is -0.901. The Hall–Kier alpha value is -4.21. The Balaban J connectivity index is 1.65. The predicted octanol–water partition coefficient (Wildman–Crippen LogP) is 4.95. The van der Waals surface area contributed by atoms with Gasteiger partial charge < -0.3 is 24.6 Å². The number of hydrogen-bond acceptors (Lipinski definition) is 7. The lowest BCUT2D eigenvalue weighted by molar-refractivity contribution is -0.137. The Labute approximate surface area is 232 Å². The molecule has 9 nitrogen and oxygen atoms in total. The van der Waals surface area contributed by atoms with Crippen molar-refractivity contribution in [2.24, 2.45) is 0 Å². The summed E-state index contributed by atoms with van der Waals surface area (Å²) in [6.07, 6.45) is 3.50. The van der Waals surface area contributed by atoms with Crippen LogP contribution in [-0.2, 0) is 38.7 Å². The van der Waals surface area contributed by atoms with E-state index in [9.17, 15) is 23.6 Å². The van der Waals surface area contributed by atoms with Gasteiger partial charge in [0.2, 0.25) is 5.91 Å². The van der Waals surface area contributed by atoms with Gasteiger partial charge in [-0.25, -0.2) is 9.18 Å². The summed E-state index contributed by atoms with van der Waals surface area (Å²) in [5.74, 6) is -2.02. The smallest absolute Gasteiger partial charge is 0.342 e. The summed E-state index contributed by atoms with van der Waals surface area (Å²) in [5.41, 5.74) is 3.61. The molecule has 0 radical (unpaired) electrons. The second-order valence-electron chi connectivity index (χ2n) is 9.63. The van der Waals surface area contributed by atoms with Crippen LogP contribution in [0, 0.1) is 12.7 Å². The van der Waals surface area contributed by atoms with Crippen molar-refractivity contribution in [3.8, 4) is 11.5 Å². The molecule has 0 unspecified atom stereocenters. The van der Waals surface area contributed by atoms with Crippen LogP contribution in [-0.4, -0.2) is 36.0 Å². The van der Waals surface area contributed by atoms with Crippen LogP contribution in [0.1, 0.15) is 78.1 Å². The number of carboxylic acids is 1. The molecule has 40 heavy (non-hydrogen) atoms. The molecule has 1 amide bonds. The fourth-order valence-corrected chi connectivity index (χ4v) is 4.42. The molecule has 0 saturated heterocycles. The van der Waals surface area contributed by atoms with Crippen LogP contribution in [0.4, 0.5) is 4.39 Å². The molecule has 0 aromatic heterocycles. The summed E-state index contributed by atoms with van der Waals surface area (Å²) >= 11 is 0. The van der Waals surface area contributed by atoms with Gasteiger partial charge in [-0.15, -0.1) is 0 Å². The zero-order valence-corrected chi connectivity index (χ0v) is 22.9. The predicted molar refractivity (Wildman–Crippen MR) is 144 cm³/mol. The van der Waals surface area contributed by atoms with E-state index >= 15 is 0 Å². The highest BCUT2D eigenvalue weighted by atomic mass is 19.1. The summed E-state index contributed by atoms with van der Waals surface area (Å²) in [7, 11) is 1.49. The van der Waals surface area contributed by atoms with Crippen LogP contribution in [0.15, 0.2) is 35.9 Å². The number of hydrogen-bond donors (Lipinski definition) is 2. The Morgan fingerprint density at radius 3 is 2.45 bits per heavy atom. The molecule has 0 saturated carbocycles. The molecule has 10 heteroatoms. The molecule has 2 aromatic carbocycles. The summed E-state index contributed by atoms with van der Waals surface area (Å²) < 4.78 is 29.6. The van der Waals surface area contributed by atoms with Gasteiger partial charge in [-0.05, 0) is 62.8 Å². The Morgan fingerprint density at radius 1 is 1.07 bits per heavy atom. The van der Waals surface area contributed by atoms with E-state index in [1.54, 1.807) is 19.1 Å². The molecule has 214 valence electrons. The maximum absolute atomic E-state index is 13.0. The Morgan fingerprint density at radius 2 is 1.77 bits per heavy atom. The largest absolute Gasteiger partial charge is 0.496 e. The van der Waals surface area contributed by atoms with Gasteiger partial charge in [-0.2, -0.15) is 0 Å². The van der Waals surface area contributed by atoms with Crippen LogP contribution in [0.5, 0.6) is 11.5 Å². The van der Waals surface area contributed by atoms with Gasteiger partial charge in [0.25, 0.3) is 0 Å². The van der Waals surface area contributed by atoms with Gasteiger partial charge in [-0.3, -0.25) is 14.4 Å². The molecule has 2 aromatic rings. The van der Waals surface area contributed by atoms with Gasteiger partial charge in [0.15, 0.2) is 5.75 Å². The standard InChI is InChI=1S/C30H34FNO8/c1-18(9-15-25(34)35)8-14-22-28(38-3)19(2)23-17-39-30(37)27(23)29(22)40-26(36)7-5-4-6-24(33)32-16-20-10-12-21(31)13-11-20/h8,10-13H,4-7,9,14-17H2,1-3H3,(H,32,33)(H,34,35)/b18-8+. The number of methoxy groups -OCH3 is 1. The lowest BCUT2D eigenvalue weighted by Gasteiger charge is -2.19. The molecule has 1 heterocycles. The van der Waals surface area contributed by atoms with E-state index in [1.807, 2.05) is 13.0 Å². The Kier molecular flexibility index (Phi) is 10.8. The average Bonchev–Trinajstić information content (AvgIpc) is 3.31. The van der Waals surface area contributed by atoms with Crippen molar-refractivity contribution in [1.29, 1.82) is 0 Å². The van der Waals surface area contributed by atoms with Crippen molar-refractivity contribution in [3.05, 3.63) is 69.5 Å². The minimum absolute atomic E-state index is 0.0128. The molecule has 1 aliphatic rings. The quantitative estimate of drug-likeness (QED) is 0.145. The van der Waals surface area contributed by atoms with Gasteiger partial charge in [0.05, 0.1) is 7.11 Å². The SMILES string of the molecule is COc1c(C)c2c(c(OC(=O)CCCCC(=O)NCc3ccc(F)cc3)c1C/C=C(\C)CCC(=O)O)C(=O)OC2. The molecular formula is C30H34FNO8. The number of nitrogens with one attached hydrogen (secondary N) is 1. The topological polar surface area (TPSA) is 128 Å². The number of esters is 2. The van der Waals surface area contributed by atoms with E-state index in [1.165, 1.54) is 19.2 Å². The fourth-order valence-electron chi connectivity index (χ4n) is 4.42. The molecular weight excluding hydrogens is 521 g/mol. The normalized spacial score (nSPS) is 12.5. The van der Waals surface area contributed by atoms with E-state index in [0.29, 0.717) is 41.7 Å². The number of benzene rings is 2. The second kappa shape index (κ2) is 14.3.